The Morgan fingerprint density at radius 2 is 0.650 bits per heavy atom. The first-order valence-electron chi connectivity index (χ1n) is 17.0. The Morgan fingerprint density at radius 3 is 0.950 bits per heavy atom. The minimum absolute atomic E-state index is 0.945. The average Bonchev–Trinajstić information content (AvgIpc) is 2.99. The second-order valence-electron chi connectivity index (χ2n) is 11.7. The molecule has 0 unspecified atom stereocenters. The highest BCUT2D eigenvalue weighted by atomic mass is 14.7. The second kappa shape index (κ2) is 24.6. The van der Waals surface area contributed by atoms with E-state index in [0.717, 1.165) is 13.1 Å². The van der Waals surface area contributed by atoms with Gasteiger partial charge < -0.3 is 0 Å². The molecule has 0 radical (unpaired) electrons. The molecule has 0 heterocycles. The number of nitrogens with zero attached hydrogens (tertiary/aromatic N) is 2. The molecule has 40 heavy (non-hydrogen) atoms. The smallest absolute Gasteiger partial charge is 0.0389 e. The van der Waals surface area contributed by atoms with Crippen molar-refractivity contribution in [1.82, 2.24) is 0 Å². The standard InChI is InChI=1S/C38H60N2/c1-3-5-7-9-11-13-15-17-19-21-31-39-33-35-23-27-37(28-24-35)38-29-25-36(26-30-38)34-40-32-22-20-18-16-14-12-10-8-6-4-2/h23-30,33-34H,3-22,31-32H2,1-2H3. The van der Waals surface area contributed by atoms with Crippen LogP contribution >= 0.6 is 0 Å². The van der Waals surface area contributed by atoms with Crippen molar-refractivity contribution >= 4 is 12.4 Å². The molecule has 0 aromatic heterocycles. The number of unbranched alkanes of at least 4 members (excludes halogenated alkanes) is 18. The Labute approximate surface area is 248 Å². The van der Waals surface area contributed by atoms with E-state index in [-0.39, 0.29) is 0 Å². The largest absolute Gasteiger partial charge is 0.293 e. The molecule has 0 saturated carbocycles. The van der Waals surface area contributed by atoms with E-state index >= 15 is 0 Å². The van der Waals surface area contributed by atoms with Crippen molar-refractivity contribution in [2.45, 2.75) is 142 Å². The Bertz CT molecular complexity index is 803. The molecule has 0 aliphatic heterocycles. The molecule has 0 aliphatic rings. The van der Waals surface area contributed by atoms with Gasteiger partial charge in [0.2, 0.25) is 0 Å². The molecule has 0 bridgehead atoms. The van der Waals surface area contributed by atoms with Gasteiger partial charge in [-0.2, -0.15) is 0 Å². The van der Waals surface area contributed by atoms with E-state index < -0.39 is 0 Å². The quantitative estimate of drug-likeness (QED) is 0.0877. The number of aliphatic imine (C=N–C) groups is 2. The van der Waals surface area contributed by atoms with Gasteiger partial charge in [-0.25, -0.2) is 0 Å². The lowest BCUT2D eigenvalue weighted by atomic mass is 10.0. The summed E-state index contributed by atoms with van der Waals surface area (Å²) in [6.45, 7) is 6.46. The minimum Gasteiger partial charge on any atom is -0.293 e. The van der Waals surface area contributed by atoms with Gasteiger partial charge in [0.05, 0.1) is 0 Å². The number of hydrogen-bond acceptors (Lipinski definition) is 2. The van der Waals surface area contributed by atoms with Gasteiger partial charge >= 0.3 is 0 Å². The maximum atomic E-state index is 4.66. The number of hydrogen-bond donors (Lipinski definition) is 0. The third kappa shape index (κ3) is 17.5. The molecular weight excluding hydrogens is 484 g/mol. The lowest BCUT2D eigenvalue weighted by Crippen LogP contribution is -1.88. The van der Waals surface area contributed by atoms with Crippen LogP contribution in [0, 0.1) is 0 Å². The molecule has 2 nitrogen and oxygen atoms in total. The normalized spacial score (nSPS) is 11.8. The molecule has 0 amide bonds. The first-order chi connectivity index (χ1) is 19.8. The highest BCUT2D eigenvalue weighted by Gasteiger charge is 1.99. The predicted octanol–water partition coefficient (Wildman–Crippen LogP) is 12.0. The summed E-state index contributed by atoms with van der Waals surface area (Å²) in [5.74, 6) is 0. The summed E-state index contributed by atoms with van der Waals surface area (Å²) in [5, 5.41) is 0. The molecule has 0 saturated heterocycles. The van der Waals surface area contributed by atoms with E-state index in [0.29, 0.717) is 0 Å². The third-order valence-corrected chi connectivity index (χ3v) is 7.92. The SMILES string of the molecule is CCCCCCCCCCCCN=Cc1ccc(-c2ccc(C=NCCCCCCCCCCCC)cc2)cc1. The maximum Gasteiger partial charge on any atom is 0.0389 e. The van der Waals surface area contributed by atoms with Crippen LogP contribution in [0.15, 0.2) is 58.5 Å². The summed E-state index contributed by atoms with van der Waals surface area (Å²) in [7, 11) is 0. The molecule has 2 heteroatoms. The molecule has 0 fully saturated rings. The first-order valence-corrected chi connectivity index (χ1v) is 17.0. The van der Waals surface area contributed by atoms with Gasteiger partial charge in [-0.05, 0) is 35.1 Å². The molecule has 0 N–H and O–H groups in total. The van der Waals surface area contributed by atoms with E-state index in [1.165, 1.54) is 151 Å². The molecule has 0 spiro atoms. The maximum absolute atomic E-state index is 4.66. The summed E-state index contributed by atoms with van der Waals surface area (Å²) in [6.07, 6.45) is 31.5. The van der Waals surface area contributed by atoms with E-state index in [9.17, 15) is 0 Å². The van der Waals surface area contributed by atoms with Gasteiger partial charge in [-0.1, -0.05) is 178 Å². The summed E-state index contributed by atoms with van der Waals surface area (Å²) < 4.78 is 0. The van der Waals surface area contributed by atoms with Crippen LogP contribution in [0.3, 0.4) is 0 Å². The fourth-order valence-corrected chi connectivity index (χ4v) is 5.24. The van der Waals surface area contributed by atoms with Crippen molar-refractivity contribution in [2.24, 2.45) is 9.98 Å². The van der Waals surface area contributed by atoms with Crippen LogP contribution in [0.25, 0.3) is 11.1 Å². The molecule has 2 aromatic carbocycles. The van der Waals surface area contributed by atoms with Crippen LogP contribution in [0.4, 0.5) is 0 Å². The van der Waals surface area contributed by atoms with Gasteiger partial charge in [0.15, 0.2) is 0 Å². The zero-order valence-corrected chi connectivity index (χ0v) is 26.2. The zero-order valence-electron chi connectivity index (χ0n) is 26.2. The Morgan fingerprint density at radius 1 is 0.375 bits per heavy atom. The van der Waals surface area contributed by atoms with Gasteiger partial charge in [0.25, 0.3) is 0 Å². The Balaban J connectivity index is 1.54. The van der Waals surface area contributed by atoms with E-state index in [2.05, 4.69) is 72.4 Å². The summed E-state index contributed by atoms with van der Waals surface area (Å²) in [6, 6.07) is 17.5. The van der Waals surface area contributed by atoms with Crippen LogP contribution < -0.4 is 0 Å². The van der Waals surface area contributed by atoms with Gasteiger partial charge in [0, 0.05) is 25.5 Å². The topological polar surface area (TPSA) is 24.7 Å². The van der Waals surface area contributed by atoms with Crippen molar-refractivity contribution in [1.29, 1.82) is 0 Å². The summed E-state index contributed by atoms with van der Waals surface area (Å²) >= 11 is 0. The van der Waals surface area contributed by atoms with Crippen LogP contribution in [-0.2, 0) is 0 Å². The third-order valence-electron chi connectivity index (χ3n) is 7.92. The Kier molecular flexibility index (Phi) is 20.9. The zero-order chi connectivity index (χ0) is 28.4. The lowest BCUT2D eigenvalue weighted by molar-refractivity contribution is 0.558. The van der Waals surface area contributed by atoms with Crippen LogP contribution in [0.5, 0.6) is 0 Å². The summed E-state index contributed by atoms with van der Waals surface area (Å²) in [5.41, 5.74) is 4.87. The highest BCUT2D eigenvalue weighted by Crippen LogP contribution is 2.20. The summed E-state index contributed by atoms with van der Waals surface area (Å²) in [4.78, 5) is 9.31. The predicted molar refractivity (Wildman–Crippen MR) is 180 cm³/mol. The van der Waals surface area contributed by atoms with Crippen molar-refractivity contribution in [3.63, 3.8) is 0 Å². The number of rotatable bonds is 25. The molecule has 2 aromatic rings. The Hall–Kier alpha value is -2.22. The van der Waals surface area contributed by atoms with E-state index in [4.69, 9.17) is 0 Å². The van der Waals surface area contributed by atoms with Gasteiger partial charge in [-0.3, -0.25) is 9.98 Å². The lowest BCUT2D eigenvalue weighted by Gasteiger charge is -2.03. The van der Waals surface area contributed by atoms with Crippen molar-refractivity contribution in [3.8, 4) is 11.1 Å². The molecule has 0 atom stereocenters. The molecule has 0 aliphatic carbocycles. The van der Waals surface area contributed by atoms with Crippen LogP contribution in [0.2, 0.25) is 0 Å². The second-order valence-corrected chi connectivity index (χ2v) is 11.7. The van der Waals surface area contributed by atoms with Gasteiger partial charge in [0.1, 0.15) is 0 Å². The molecular formula is C38H60N2. The van der Waals surface area contributed by atoms with Crippen LogP contribution in [-0.4, -0.2) is 25.5 Å². The highest BCUT2D eigenvalue weighted by molar-refractivity contribution is 5.82. The average molecular weight is 545 g/mol. The monoisotopic (exact) mass is 544 g/mol. The minimum atomic E-state index is 0.945. The molecule has 2 rings (SSSR count). The number of benzene rings is 2. The van der Waals surface area contributed by atoms with Crippen molar-refractivity contribution in [3.05, 3.63) is 59.7 Å². The van der Waals surface area contributed by atoms with Crippen molar-refractivity contribution < 1.29 is 0 Å². The van der Waals surface area contributed by atoms with Gasteiger partial charge in [-0.15, -0.1) is 0 Å². The fourth-order valence-electron chi connectivity index (χ4n) is 5.24. The van der Waals surface area contributed by atoms with E-state index in [1.54, 1.807) is 0 Å². The van der Waals surface area contributed by atoms with Crippen LogP contribution in [0.1, 0.15) is 153 Å². The first kappa shape index (κ1) is 34.0. The fraction of sp³-hybridized carbons (Fsp3) is 0.632. The van der Waals surface area contributed by atoms with Crippen molar-refractivity contribution in [2.75, 3.05) is 13.1 Å². The van der Waals surface area contributed by atoms with E-state index in [1.807, 2.05) is 12.4 Å². The molecule has 222 valence electrons.